The van der Waals surface area contributed by atoms with Gasteiger partial charge in [-0.15, -0.1) is 0 Å². The van der Waals surface area contributed by atoms with E-state index in [2.05, 4.69) is 12.2 Å². The summed E-state index contributed by atoms with van der Waals surface area (Å²) in [5, 5.41) is 3.62. The lowest BCUT2D eigenvalue weighted by Gasteiger charge is -2.31. The summed E-state index contributed by atoms with van der Waals surface area (Å²) < 4.78 is 19.4. The van der Waals surface area contributed by atoms with Crippen molar-refractivity contribution < 1.29 is 9.13 Å². The van der Waals surface area contributed by atoms with Crippen LogP contribution < -0.4 is 10.1 Å². The van der Waals surface area contributed by atoms with E-state index >= 15 is 0 Å². The van der Waals surface area contributed by atoms with Crippen LogP contribution in [0.3, 0.4) is 0 Å². The third kappa shape index (κ3) is 4.99. The number of hydrogen-bond acceptors (Lipinski definition) is 2. The highest BCUT2D eigenvalue weighted by molar-refractivity contribution is 5.28. The first kappa shape index (κ1) is 16.3. The summed E-state index contributed by atoms with van der Waals surface area (Å²) in [6.45, 7) is 5.60. The molecule has 1 fully saturated rings. The minimum Gasteiger partial charge on any atom is -0.492 e. The van der Waals surface area contributed by atoms with Crippen LogP contribution in [0.4, 0.5) is 4.39 Å². The Bertz CT molecular complexity index is 429. The lowest BCUT2D eigenvalue weighted by Crippen LogP contribution is -2.42. The fourth-order valence-corrected chi connectivity index (χ4v) is 3.08. The average Bonchev–Trinajstić information content (AvgIpc) is 2.51. The molecule has 2 nitrogen and oxygen atoms in total. The van der Waals surface area contributed by atoms with Gasteiger partial charge < -0.3 is 10.1 Å². The second kappa shape index (κ2) is 8.38. The Labute approximate surface area is 128 Å². The van der Waals surface area contributed by atoms with Gasteiger partial charge in [0, 0.05) is 12.1 Å². The summed E-state index contributed by atoms with van der Waals surface area (Å²) in [4.78, 5) is 0. The van der Waals surface area contributed by atoms with Gasteiger partial charge in [0.1, 0.15) is 18.2 Å². The third-order valence-electron chi connectivity index (χ3n) is 4.45. The highest BCUT2D eigenvalue weighted by atomic mass is 19.1. The number of halogens is 1. The fraction of sp³-hybridized carbons (Fsp3) is 0.667. The molecule has 0 radical (unpaired) electrons. The second-order valence-electron chi connectivity index (χ2n) is 6.18. The van der Waals surface area contributed by atoms with Crippen LogP contribution in [0.15, 0.2) is 18.2 Å². The normalized spacial score (nSPS) is 17.7. The van der Waals surface area contributed by atoms with E-state index in [1.807, 2.05) is 6.07 Å². The Kier molecular flexibility index (Phi) is 6.50. The monoisotopic (exact) mass is 293 g/mol. The first-order chi connectivity index (χ1) is 10.2. The van der Waals surface area contributed by atoms with E-state index in [0.29, 0.717) is 29.9 Å². The van der Waals surface area contributed by atoms with Crippen molar-refractivity contribution in [2.75, 3.05) is 13.2 Å². The molecule has 1 aromatic carbocycles. The van der Waals surface area contributed by atoms with Gasteiger partial charge in [0.05, 0.1) is 0 Å². The number of aryl methyl sites for hydroxylation is 1. The molecule has 0 aliphatic heterocycles. The standard InChI is InChI=1S/C18H28FNO/c1-3-11-20-18(15-7-5-4-6-8-15)13-21-16-10-9-14(2)17(19)12-16/h9-10,12,15,18,20H,3-8,11,13H2,1-2H3. The molecule has 1 aromatic rings. The molecule has 3 heteroatoms. The number of ether oxygens (including phenoxy) is 1. The first-order valence-electron chi connectivity index (χ1n) is 8.33. The van der Waals surface area contributed by atoms with Crippen LogP contribution in [0.25, 0.3) is 0 Å². The zero-order chi connectivity index (χ0) is 15.1. The quantitative estimate of drug-likeness (QED) is 0.801. The van der Waals surface area contributed by atoms with Gasteiger partial charge in [0.2, 0.25) is 0 Å². The molecular weight excluding hydrogens is 265 g/mol. The van der Waals surface area contributed by atoms with Crippen LogP contribution in [-0.2, 0) is 0 Å². The molecule has 1 saturated carbocycles. The smallest absolute Gasteiger partial charge is 0.129 e. The molecule has 1 aliphatic carbocycles. The summed E-state index contributed by atoms with van der Waals surface area (Å²) in [7, 11) is 0. The Hall–Kier alpha value is -1.09. The number of hydrogen-bond donors (Lipinski definition) is 1. The maximum absolute atomic E-state index is 13.6. The molecule has 21 heavy (non-hydrogen) atoms. The summed E-state index contributed by atoms with van der Waals surface area (Å²) in [5.74, 6) is 1.14. The SMILES string of the molecule is CCCNC(COc1ccc(C)c(F)c1)C1CCCCC1. The first-order valence-corrected chi connectivity index (χ1v) is 8.33. The van der Waals surface area contributed by atoms with Gasteiger partial charge in [-0.05, 0) is 50.3 Å². The van der Waals surface area contributed by atoms with Gasteiger partial charge in [-0.3, -0.25) is 0 Å². The minimum atomic E-state index is -0.191. The minimum absolute atomic E-state index is 0.191. The molecule has 0 amide bonds. The van der Waals surface area contributed by atoms with E-state index in [1.54, 1.807) is 13.0 Å². The Morgan fingerprint density at radius 2 is 2.05 bits per heavy atom. The maximum Gasteiger partial charge on any atom is 0.129 e. The molecular formula is C18H28FNO. The average molecular weight is 293 g/mol. The van der Waals surface area contributed by atoms with Crippen molar-refractivity contribution in [2.45, 2.75) is 58.4 Å². The molecule has 0 saturated heterocycles. The molecule has 0 aromatic heterocycles. The van der Waals surface area contributed by atoms with Crippen molar-refractivity contribution in [2.24, 2.45) is 5.92 Å². The lowest BCUT2D eigenvalue weighted by atomic mass is 9.84. The lowest BCUT2D eigenvalue weighted by molar-refractivity contribution is 0.185. The molecule has 0 bridgehead atoms. The van der Waals surface area contributed by atoms with Crippen LogP contribution in [0.5, 0.6) is 5.75 Å². The van der Waals surface area contributed by atoms with Crippen molar-refractivity contribution in [3.05, 3.63) is 29.6 Å². The van der Waals surface area contributed by atoms with Gasteiger partial charge in [0.15, 0.2) is 0 Å². The molecule has 1 aliphatic rings. The van der Waals surface area contributed by atoms with E-state index in [-0.39, 0.29) is 5.82 Å². The van der Waals surface area contributed by atoms with Crippen molar-refractivity contribution in [1.82, 2.24) is 5.32 Å². The fourth-order valence-electron chi connectivity index (χ4n) is 3.08. The largest absolute Gasteiger partial charge is 0.492 e. The summed E-state index contributed by atoms with van der Waals surface area (Å²) >= 11 is 0. The molecule has 118 valence electrons. The highest BCUT2D eigenvalue weighted by Gasteiger charge is 2.23. The number of rotatable bonds is 7. The zero-order valence-corrected chi connectivity index (χ0v) is 13.3. The third-order valence-corrected chi connectivity index (χ3v) is 4.45. The van der Waals surface area contributed by atoms with Crippen LogP contribution >= 0.6 is 0 Å². The number of benzene rings is 1. The van der Waals surface area contributed by atoms with Gasteiger partial charge in [-0.1, -0.05) is 32.3 Å². The number of nitrogens with one attached hydrogen (secondary N) is 1. The molecule has 0 spiro atoms. The molecule has 1 N–H and O–H groups in total. The Morgan fingerprint density at radius 3 is 2.71 bits per heavy atom. The van der Waals surface area contributed by atoms with Gasteiger partial charge in [-0.2, -0.15) is 0 Å². The van der Waals surface area contributed by atoms with Crippen molar-refractivity contribution in [3.63, 3.8) is 0 Å². The summed E-state index contributed by atoms with van der Waals surface area (Å²) in [5.41, 5.74) is 0.662. The van der Waals surface area contributed by atoms with Crippen LogP contribution in [0.2, 0.25) is 0 Å². The van der Waals surface area contributed by atoms with Crippen LogP contribution in [0, 0.1) is 18.7 Å². The predicted octanol–water partition coefficient (Wildman–Crippen LogP) is 4.46. The Balaban J connectivity index is 1.92. The van der Waals surface area contributed by atoms with Gasteiger partial charge >= 0.3 is 0 Å². The molecule has 0 heterocycles. The van der Waals surface area contributed by atoms with E-state index in [9.17, 15) is 4.39 Å². The zero-order valence-electron chi connectivity index (χ0n) is 13.3. The van der Waals surface area contributed by atoms with E-state index in [0.717, 1.165) is 13.0 Å². The Morgan fingerprint density at radius 1 is 1.29 bits per heavy atom. The van der Waals surface area contributed by atoms with Crippen molar-refractivity contribution >= 4 is 0 Å². The van der Waals surface area contributed by atoms with E-state index in [1.165, 1.54) is 38.2 Å². The van der Waals surface area contributed by atoms with E-state index < -0.39 is 0 Å². The maximum atomic E-state index is 13.6. The van der Waals surface area contributed by atoms with Crippen molar-refractivity contribution in [1.29, 1.82) is 0 Å². The van der Waals surface area contributed by atoms with Crippen LogP contribution in [0.1, 0.15) is 51.0 Å². The van der Waals surface area contributed by atoms with Crippen LogP contribution in [-0.4, -0.2) is 19.2 Å². The predicted molar refractivity (Wildman–Crippen MR) is 85.3 cm³/mol. The summed E-state index contributed by atoms with van der Waals surface area (Å²) in [6, 6.07) is 5.51. The molecule has 1 unspecified atom stereocenters. The van der Waals surface area contributed by atoms with Gasteiger partial charge in [-0.25, -0.2) is 4.39 Å². The van der Waals surface area contributed by atoms with E-state index in [4.69, 9.17) is 4.74 Å². The highest BCUT2D eigenvalue weighted by Crippen LogP contribution is 2.27. The molecule has 2 rings (SSSR count). The second-order valence-corrected chi connectivity index (χ2v) is 6.18. The van der Waals surface area contributed by atoms with Gasteiger partial charge in [0.25, 0.3) is 0 Å². The molecule has 1 atom stereocenters. The topological polar surface area (TPSA) is 21.3 Å². The summed E-state index contributed by atoms with van der Waals surface area (Å²) in [6.07, 6.45) is 7.71. The van der Waals surface area contributed by atoms with Crippen molar-refractivity contribution in [3.8, 4) is 5.75 Å².